The molecular formula is C15H32N2O3Si. The van der Waals surface area contributed by atoms with Gasteiger partial charge in [0.1, 0.15) is 0 Å². The Hall–Kier alpha value is -0.593. The number of carbonyl (C=O) groups excluding carboxylic acids is 1. The summed E-state index contributed by atoms with van der Waals surface area (Å²) >= 11 is 0. The van der Waals surface area contributed by atoms with Crippen LogP contribution in [0.4, 0.5) is 4.79 Å². The Bertz CT molecular complexity index is 315. The van der Waals surface area contributed by atoms with Crippen molar-refractivity contribution in [2.75, 3.05) is 33.4 Å². The van der Waals surface area contributed by atoms with Gasteiger partial charge in [0.25, 0.3) is 0 Å². The van der Waals surface area contributed by atoms with Crippen molar-refractivity contribution in [3.8, 4) is 0 Å². The van der Waals surface area contributed by atoms with Gasteiger partial charge in [0.2, 0.25) is 0 Å². The second-order valence-electron chi connectivity index (χ2n) is 7.36. The van der Waals surface area contributed by atoms with Gasteiger partial charge in [0, 0.05) is 40.9 Å². The summed E-state index contributed by atoms with van der Waals surface area (Å²) in [7, 11) is 0.612. The minimum absolute atomic E-state index is 0.0163. The Morgan fingerprint density at radius 2 is 2.00 bits per heavy atom. The zero-order chi connectivity index (χ0) is 15.9. The number of nitrogens with zero attached hydrogens (tertiary/aromatic N) is 1. The number of ether oxygens (including phenoxy) is 2. The smallest absolute Gasteiger partial charge is 0.409 e. The molecule has 0 aromatic rings. The first-order valence-corrected chi connectivity index (χ1v) is 11.7. The maximum absolute atomic E-state index is 11.9. The third-order valence-corrected chi connectivity index (χ3v) is 5.58. The lowest BCUT2D eigenvalue weighted by Gasteiger charge is -2.27. The van der Waals surface area contributed by atoms with Crippen LogP contribution in [0.5, 0.6) is 0 Å². The predicted molar refractivity (Wildman–Crippen MR) is 88.3 cm³/mol. The van der Waals surface area contributed by atoms with Crippen molar-refractivity contribution in [2.24, 2.45) is 11.7 Å². The number of hydrogen-bond acceptors (Lipinski definition) is 4. The van der Waals surface area contributed by atoms with Gasteiger partial charge < -0.3 is 20.1 Å². The highest BCUT2D eigenvalue weighted by Crippen LogP contribution is 2.19. The van der Waals surface area contributed by atoms with Crippen molar-refractivity contribution in [3.05, 3.63) is 0 Å². The largest absolute Gasteiger partial charge is 0.450 e. The average molecular weight is 317 g/mol. The molecule has 0 radical (unpaired) electrons. The monoisotopic (exact) mass is 316 g/mol. The molecule has 1 heterocycles. The summed E-state index contributed by atoms with van der Waals surface area (Å²) in [6, 6.07) is 1.02. The maximum Gasteiger partial charge on any atom is 0.409 e. The van der Waals surface area contributed by atoms with Crippen LogP contribution in [-0.2, 0) is 9.47 Å². The van der Waals surface area contributed by atoms with E-state index in [1.165, 1.54) is 0 Å². The molecule has 0 spiro atoms. The van der Waals surface area contributed by atoms with E-state index in [0.29, 0.717) is 19.1 Å². The lowest BCUT2D eigenvalue weighted by atomic mass is 9.93. The van der Waals surface area contributed by atoms with Crippen LogP contribution in [0, 0.1) is 5.92 Å². The average Bonchev–Trinajstić information content (AvgIpc) is 2.38. The van der Waals surface area contributed by atoms with Gasteiger partial charge in [-0.2, -0.15) is 0 Å². The molecule has 1 saturated heterocycles. The van der Waals surface area contributed by atoms with Crippen LogP contribution >= 0.6 is 0 Å². The molecule has 0 aliphatic carbocycles. The number of rotatable bonds is 7. The first kappa shape index (κ1) is 18.5. The molecule has 0 unspecified atom stereocenters. The highest BCUT2D eigenvalue weighted by Gasteiger charge is 2.20. The predicted octanol–water partition coefficient (Wildman–Crippen LogP) is 2.54. The Morgan fingerprint density at radius 3 is 2.57 bits per heavy atom. The first-order chi connectivity index (χ1) is 9.78. The number of carbonyl (C=O) groups is 1. The highest BCUT2D eigenvalue weighted by atomic mass is 28.3. The van der Waals surface area contributed by atoms with Gasteiger partial charge in [-0.25, -0.2) is 4.79 Å². The molecule has 1 fully saturated rings. The molecule has 2 N–H and O–H groups in total. The molecule has 1 aliphatic rings. The summed E-state index contributed by atoms with van der Waals surface area (Å²) in [4.78, 5) is 13.5. The Labute approximate surface area is 130 Å². The fourth-order valence-electron chi connectivity index (χ4n) is 2.47. The first-order valence-electron chi connectivity index (χ1n) is 7.99. The third-order valence-electron chi connectivity index (χ3n) is 3.87. The molecule has 1 aliphatic heterocycles. The summed E-state index contributed by atoms with van der Waals surface area (Å²) in [5.74, 6) is 0.630. The topological polar surface area (TPSA) is 64.8 Å². The Morgan fingerprint density at radius 1 is 1.38 bits per heavy atom. The number of amides is 1. The minimum atomic E-state index is -1.15. The molecule has 1 atom stereocenters. The molecule has 0 aromatic heterocycles. The minimum Gasteiger partial charge on any atom is -0.450 e. The highest BCUT2D eigenvalue weighted by molar-refractivity contribution is 6.76. The molecule has 0 bridgehead atoms. The normalized spacial score (nSPS) is 18.3. The van der Waals surface area contributed by atoms with Crippen LogP contribution in [-0.4, -0.2) is 58.5 Å². The zero-order valence-corrected chi connectivity index (χ0v) is 15.1. The number of likely N-dealkylation sites (N-methyl/N-ethyl adjacent to an activating group) is 1. The summed E-state index contributed by atoms with van der Waals surface area (Å²) in [6.07, 6.45) is 2.86. The second kappa shape index (κ2) is 8.75. The molecule has 21 heavy (non-hydrogen) atoms. The SMILES string of the molecule is CN(C[C@@H](N)CC1CCOCC1)C(=O)OCC[Si](C)(C)C. The van der Waals surface area contributed by atoms with Crippen LogP contribution in [0.3, 0.4) is 0 Å². The second-order valence-corrected chi connectivity index (χ2v) is 13.0. The fraction of sp³-hybridized carbons (Fsp3) is 0.933. The molecule has 0 aromatic carbocycles. The molecular weight excluding hydrogens is 284 g/mol. The van der Waals surface area contributed by atoms with E-state index < -0.39 is 8.07 Å². The van der Waals surface area contributed by atoms with E-state index in [9.17, 15) is 4.79 Å². The van der Waals surface area contributed by atoms with E-state index in [2.05, 4.69) is 19.6 Å². The van der Waals surface area contributed by atoms with Gasteiger partial charge in [0.15, 0.2) is 0 Å². The van der Waals surface area contributed by atoms with E-state index >= 15 is 0 Å². The molecule has 5 nitrogen and oxygen atoms in total. The Balaban J connectivity index is 2.21. The van der Waals surface area contributed by atoms with Crippen LogP contribution in [0.1, 0.15) is 19.3 Å². The molecule has 1 rings (SSSR count). The van der Waals surface area contributed by atoms with E-state index in [1.807, 2.05) is 0 Å². The van der Waals surface area contributed by atoms with Gasteiger partial charge in [-0.05, 0) is 31.2 Å². The number of nitrogens with two attached hydrogens (primary N) is 1. The van der Waals surface area contributed by atoms with Crippen LogP contribution in [0.25, 0.3) is 0 Å². The van der Waals surface area contributed by atoms with Crippen molar-refractivity contribution >= 4 is 14.2 Å². The van der Waals surface area contributed by atoms with Gasteiger partial charge in [-0.1, -0.05) is 19.6 Å². The van der Waals surface area contributed by atoms with Gasteiger partial charge in [-0.15, -0.1) is 0 Å². The van der Waals surface area contributed by atoms with Gasteiger partial charge >= 0.3 is 6.09 Å². The van der Waals surface area contributed by atoms with Crippen molar-refractivity contribution in [2.45, 2.75) is 51.0 Å². The van der Waals surface area contributed by atoms with E-state index in [-0.39, 0.29) is 12.1 Å². The van der Waals surface area contributed by atoms with Crippen molar-refractivity contribution in [1.29, 1.82) is 0 Å². The quantitative estimate of drug-likeness (QED) is 0.733. The van der Waals surface area contributed by atoms with E-state index in [4.69, 9.17) is 15.2 Å². The third kappa shape index (κ3) is 8.43. The standard InChI is InChI=1S/C15H32N2O3Si/c1-17(15(18)20-9-10-21(2,3)4)12-14(16)11-13-5-7-19-8-6-13/h13-14H,5-12,16H2,1-4H3/t14-/m0/s1. The lowest BCUT2D eigenvalue weighted by Crippen LogP contribution is -2.40. The Kier molecular flexibility index (Phi) is 7.69. The summed E-state index contributed by atoms with van der Waals surface area (Å²) < 4.78 is 10.7. The molecule has 0 saturated carbocycles. The van der Waals surface area contributed by atoms with Crippen LogP contribution in [0.2, 0.25) is 25.7 Å². The van der Waals surface area contributed by atoms with Crippen LogP contribution < -0.4 is 5.73 Å². The van der Waals surface area contributed by atoms with Crippen molar-refractivity contribution < 1.29 is 14.3 Å². The molecule has 6 heteroatoms. The molecule has 1 amide bonds. The zero-order valence-electron chi connectivity index (χ0n) is 14.1. The van der Waals surface area contributed by atoms with E-state index in [0.717, 1.165) is 38.5 Å². The van der Waals surface area contributed by atoms with E-state index in [1.54, 1.807) is 11.9 Å². The van der Waals surface area contributed by atoms with Crippen molar-refractivity contribution in [3.63, 3.8) is 0 Å². The van der Waals surface area contributed by atoms with Crippen molar-refractivity contribution in [1.82, 2.24) is 4.90 Å². The lowest BCUT2D eigenvalue weighted by molar-refractivity contribution is 0.0600. The maximum atomic E-state index is 11.9. The summed E-state index contributed by atoms with van der Waals surface area (Å²) in [6.45, 7) is 9.58. The number of hydrogen-bond donors (Lipinski definition) is 1. The summed E-state index contributed by atoms with van der Waals surface area (Å²) in [5.41, 5.74) is 6.16. The van der Waals surface area contributed by atoms with Gasteiger partial charge in [0.05, 0.1) is 6.61 Å². The van der Waals surface area contributed by atoms with Crippen LogP contribution in [0.15, 0.2) is 0 Å². The molecule has 124 valence electrons. The fourth-order valence-corrected chi connectivity index (χ4v) is 3.18. The van der Waals surface area contributed by atoms with Gasteiger partial charge in [-0.3, -0.25) is 0 Å². The summed E-state index contributed by atoms with van der Waals surface area (Å²) in [5, 5.41) is 0.